The first-order valence-electron chi connectivity index (χ1n) is 7.72. The third kappa shape index (κ3) is 3.73. The molecule has 0 heterocycles. The third-order valence-electron chi connectivity index (χ3n) is 4.09. The summed E-state index contributed by atoms with van der Waals surface area (Å²) in [5, 5.41) is 0. The molecule has 0 radical (unpaired) electrons. The molecule has 0 N–H and O–H groups in total. The fourth-order valence-electron chi connectivity index (χ4n) is 2.58. The van der Waals surface area contributed by atoms with Gasteiger partial charge in [-0.1, -0.05) is 18.2 Å². The Morgan fingerprint density at radius 2 is 1.65 bits per heavy atom. The Kier molecular flexibility index (Phi) is 4.78. The predicted octanol–water partition coefficient (Wildman–Crippen LogP) is 4.34. The molecule has 140 valence electrons. The lowest BCUT2D eigenvalue weighted by atomic mass is 10.2. The minimum Gasteiger partial charge on any atom is -0.207 e. The molecular formula is C17H14F5NO2S. The van der Waals surface area contributed by atoms with Crippen molar-refractivity contribution in [2.24, 2.45) is 0 Å². The zero-order chi connectivity index (χ0) is 19.1. The number of hydrogen-bond donors (Lipinski definition) is 0. The molecule has 0 aromatic heterocycles. The Hall–Kier alpha value is -2.00. The van der Waals surface area contributed by atoms with E-state index in [-0.39, 0.29) is 18.2 Å². The Bertz CT molecular complexity index is 923. The van der Waals surface area contributed by atoms with Crippen molar-refractivity contribution in [3.05, 3.63) is 65.2 Å². The second kappa shape index (κ2) is 6.62. The molecule has 0 spiro atoms. The molecule has 0 aliphatic heterocycles. The molecule has 2 aromatic carbocycles. The molecule has 2 aromatic rings. The molecule has 3 rings (SSSR count). The standard InChI is InChI=1S/C17H14F5NO2S/c18-15-4-2-1-3-11(15)10-23(12-5-6-12)26(24,25)13-7-8-16(19)14(9-13)17(20,21)22/h1-4,7-9,12H,5-6,10H2. The third-order valence-corrected chi connectivity index (χ3v) is 5.98. The lowest BCUT2D eigenvalue weighted by Crippen LogP contribution is -2.33. The van der Waals surface area contributed by atoms with Gasteiger partial charge >= 0.3 is 6.18 Å². The molecular weight excluding hydrogens is 377 g/mol. The van der Waals surface area contributed by atoms with E-state index in [0.29, 0.717) is 18.9 Å². The second-order valence-corrected chi connectivity index (χ2v) is 7.90. The fraction of sp³-hybridized carbons (Fsp3) is 0.294. The smallest absolute Gasteiger partial charge is 0.207 e. The number of benzene rings is 2. The Labute approximate surface area is 147 Å². The summed E-state index contributed by atoms with van der Waals surface area (Å²) in [5.74, 6) is -2.16. The van der Waals surface area contributed by atoms with Gasteiger partial charge < -0.3 is 0 Å². The van der Waals surface area contributed by atoms with Gasteiger partial charge in [0.05, 0.1) is 10.5 Å². The van der Waals surface area contributed by atoms with Gasteiger partial charge in [-0.05, 0) is 37.1 Å². The normalized spacial score (nSPS) is 15.5. The van der Waals surface area contributed by atoms with Crippen LogP contribution < -0.4 is 0 Å². The summed E-state index contributed by atoms with van der Waals surface area (Å²) in [6.07, 6.45) is -3.96. The molecule has 0 amide bonds. The maximum Gasteiger partial charge on any atom is 0.419 e. The lowest BCUT2D eigenvalue weighted by Gasteiger charge is -2.23. The van der Waals surface area contributed by atoms with Crippen LogP contribution in [-0.2, 0) is 22.7 Å². The average molecular weight is 391 g/mol. The SMILES string of the molecule is O=S(=O)(c1ccc(F)c(C(F)(F)F)c1)N(Cc1ccccc1F)C1CC1. The van der Waals surface area contributed by atoms with Gasteiger partial charge in [0.25, 0.3) is 0 Å². The van der Waals surface area contributed by atoms with Crippen molar-refractivity contribution in [2.75, 3.05) is 0 Å². The maximum atomic E-state index is 13.9. The van der Waals surface area contributed by atoms with E-state index in [4.69, 9.17) is 0 Å². The summed E-state index contributed by atoms with van der Waals surface area (Å²) in [6.45, 7) is -0.307. The van der Waals surface area contributed by atoms with Gasteiger partial charge in [0, 0.05) is 18.2 Å². The van der Waals surface area contributed by atoms with Crippen molar-refractivity contribution in [1.29, 1.82) is 0 Å². The van der Waals surface area contributed by atoms with E-state index in [2.05, 4.69) is 0 Å². The quantitative estimate of drug-likeness (QED) is 0.712. The van der Waals surface area contributed by atoms with E-state index in [0.717, 1.165) is 10.4 Å². The van der Waals surface area contributed by atoms with Crippen LogP contribution in [-0.4, -0.2) is 18.8 Å². The van der Waals surface area contributed by atoms with Crippen molar-refractivity contribution in [1.82, 2.24) is 4.31 Å². The van der Waals surface area contributed by atoms with Crippen molar-refractivity contribution in [2.45, 2.75) is 36.5 Å². The largest absolute Gasteiger partial charge is 0.419 e. The van der Waals surface area contributed by atoms with Crippen LogP contribution in [0, 0.1) is 11.6 Å². The van der Waals surface area contributed by atoms with Gasteiger partial charge in [0.2, 0.25) is 10.0 Å². The van der Waals surface area contributed by atoms with Crippen LogP contribution >= 0.6 is 0 Å². The first-order valence-corrected chi connectivity index (χ1v) is 9.16. The molecule has 3 nitrogen and oxygen atoms in total. The van der Waals surface area contributed by atoms with Crippen LogP contribution in [0.25, 0.3) is 0 Å². The topological polar surface area (TPSA) is 37.4 Å². The summed E-state index contributed by atoms with van der Waals surface area (Å²) in [5.41, 5.74) is -1.54. The number of rotatable bonds is 5. The van der Waals surface area contributed by atoms with Crippen LogP contribution in [0.4, 0.5) is 22.0 Å². The maximum absolute atomic E-state index is 13.9. The number of hydrogen-bond acceptors (Lipinski definition) is 2. The van der Waals surface area contributed by atoms with Gasteiger partial charge in [-0.3, -0.25) is 0 Å². The Balaban J connectivity index is 2.01. The fourth-order valence-corrected chi connectivity index (χ4v) is 4.27. The van der Waals surface area contributed by atoms with E-state index >= 15 is 0 Å². The highest BCUT2D eigenvalue weighted by molar-refractivity contribution is 7.89. The average Bonchev–Trinajstić information content (AvgIpc) is 3.37. The van der Waals surface area contributed by atoms with Crippen LogP contribution in [0.2, 0.25) is 0 Å². The van der Waals surface area contributed by atoms with Gasteiger partial charge in [0.15, 0.2) is 0 Å². The van der Waals surface area contributed by atoms with Crippen molar-refractivity contribution in [3.8, 4) is 0 Å². The summed E-state index contributed by atoms with van der Waals surface area (Å²) >= 11 is 0. The Morgan fingerprint density at radius 3 is 2.23 bits per heavy atom. The zero-order valence-corrected chi connectivity index (χ0v) is 14.1. The second-order valence-electron chi connectivity index (χ2n) is 6.01. The first kappa shape index (κ1) is 18.8. The van der Waals surface area contributed by atoms with Gasteiger partial charge in [0.1, 0.15) is 11.6 Å². The molecule has 1 fully saturated rings. The van der Waals surface area contributed by atoms with Crippen molar-refractivity contribution >= 4 is 10.0 Å². The molecule has 0 atom stereocenters. The van der Waals surface area contributed by atoms with Crippen molar-refractivity contribution in [3.63, 3.8) is 0 Å². The summed E-state index contributed by atoms with van der Waals surface area (Å²) < 4.78 is 92.6. The molecule has 9 heteroatoms. The molecule has 0 saturated heterocycles. The van der Waals surface area contributed by atoms with Crippen LogP contribution in [0.1, 0.15) is 24.0 Å². The minimum atomic E-state index is -5.02. The van der Waals surface area contributed by atoms with E-state index in [1.165, 1.54) is 24.3 Å². The van der Waals surface area contributed by atoms with E-state index < -0.39 is 44.3 Å². The van der Waals surface area contributed by atoms with Crippen molar-refractivity contribution < 1.29 is 30.4 Å². The molecule has 1 saturated carbocycles. The number of halogens is 5. The van der Waals surface area contributed by atoms with Gasteiger partial charge in [-0.2, -0.15) is 17.5 Å². The summed E-state index contributed by atoms with van der Waals surface area (Å²) in [6, 6.07) is 6.69. The number of alkyl halides is 3. The van der Waals surface area contributed by atoms with E-state index in [9.17, 15) is 30.4 Å². The molecule has 1 aliphatic rings. The lowest BCUT2D eigenvalue weighted by molar-refractivity contribution is -0.140. The van der Waals surface area contributed by atoms with Gasteiger partial charge in [-0.15, -0.1) is 0 Å². The minimum absolute atomic E-state index is 0.112. The first-order chi connectivity index (χ1) is 12.1. The van der Waals surface area contributed by atoms with Crippen LogP contribution in [0.3, 0.4) is 0 Å². The highest BCUT2D eigenvalue weighted by Gasteiger charge is 2.40. The Morgan fingerprint density at radius 1 is 1.00 bits per heavy atom. The molecule has 1 aliphatic carbocycles. The highest BCUT2D eigenvalue weighted by atomic mass is 32.2. The molecule has 26 heavy (non-hydrogen) atoms. The summed E-state index contributed by atoms with van der Waals surface area (Å²) in [7, 11) is -4.35. The number of nitrogens with zero attached hydrogens (tertiary/aromatic N) is 1. The van der Waals surface area contributed by atoms with E-state index in [1.807, 2.05) is 0 Å². The predicted molar refractivity (Wildman–Crippen MR) is 83.6 cm³/mol. The molecule has 0 unspecified atom stereocenters. The monoisotopic (exact) mass is 391 g/mol. The van der Waals surface area contributed by atoms with E-state index in [1.54, 1.807) is 0 Å². The highest BCUT2D eigenvalue weighted by Crippen LogP contribution is 2.37. The molecule has 0 bridgehead atoms. The van der Waals surface area contributed by atoms with Gasteiger partial charge in [-0.25, -0.2) is 17.2 Å². The van der Waals surface area contributed by atoms with Crippen LogP contribution in [0.15, 0.2) is 47.4 Å². The number of sulfonamides is 1. The zero-order valence-electron chi connectivity index (χ0n) is 13.3. The summed E-state index contributed by atoms with van der Waals surface area (Å²) in [4.78, 5) is -0.672. The van der Waals surface area contributed by atoms with Crippen LogP contribution in [0.5, 0.6) is 0 Å².